The van der Waals surface area contributed by atoms with Crippen LogP contribution in [0, 0.1) is 5.92 Å². The minimum atomic E-state index is 0.880. The monoisotopic (exact) mass is 141 g/mol. The number of hydrogen-bond acceptors (Lipinski definition) is 1. The maximum Gasteiger partial charge on any atom is 0.00934 e. The zero-order valence-corrected chi connectivity index (χ0v) is 7.43. The molecule has 0 heterocycles. The Morgan fingerprint density at radius 2 is 2.10 bits per heavy atom. The second-order valence-corrected chi connectivity index (χ2v) is 3.68. The zero-order chi connectivity index (χ0) is 7.56. The Kier molecular flexibility index (Phi) is 2.72. The standard InChI is InChI=1S/C9H19N/c1-4-8(2)7-10(3)9-5-6-9/h8-9H,4-7H2,1-3H3. The number of rotatable bonds is 4. The summed E-state index contributed by atoms with van der Waals surface area (Å²) in [6.07, 6.45) is 4.19. The van der Waals surface area contributed by atoms with Crippen molar-refractivity contribution in [1.82, 2.24) is 4.90 Å². The van der Waals surface area contributed by atoms with Gasteiger partial charge >= 0.3 is 0 Å². The normalized spacial score (nSPS) is 21.6. The van der Waals surface area contributed by atoms with Crippen LogP contribution in [0.15, 0.2) is 0 Å². The van der Waals surface area contributed by atoms with Gasteiger partial charge in [-0.3, -0.25) is 0 Å². The molecule has 1 atom stereocenters. The fraction of sp³-hybridized carbons (Fsp3) is 1.00. The molecule has 0 radical (unpaired) electrons. The molecule has 1 fully saturated rings. The third-order valence-corrected chi connectivity index (χ3v) is 2.47. The summed E-state index contributed by atoms with van der Waals surface area (Å²) in [7, 11) is 2.25. The molecule has 0 bridgehead atoms. The first-order valence-electron chi connectivity index (χ1n) is 4.44. The summed E-state index contributed by atoms with van der Waals surface area (Å²) in [5.74, 6) is 0.880. The van der Waals surface area contributed by atoms with E-state index in [2.05, 4.69) is 25.8 Å². The van der Waals surface area contributed by atoms with Crippen LogP contribution in [-0.2, 0) is 0 Å². The van der Waals surface area contributed by atoms with Gasteiger partial charge in [-0.05, 0) is 25.8 Å². The lowest BCUT2D eigenvalue weighted by Gasteiger charge is -2.19. The van der Waals surface area contributed by atoms with Gasteiger partial charge in [-0.25, -0.2) is 0 Å². The molecule has 0 aliphatic heterocycles. The van der Waals surface area contributed by atoms with Crippen molar-refractivity contribution < 1.29 is 0 Å². The second-order valence-electron chi connectivity index (χ2n) is 3.68. The third-order valence-electron chi connectivity index (χ3n) is 2.47. The number of nitrogens with zero attached hydrogens (tertiary/aromatic N) is 1. The molecule has 60 valence electrons. The summed E-state index contributed by atoms with van der Waals surface area (Å²) in [5, 5.41) is 0. The van der Waals surface area contributed by atoms with Crippen molar-refractivity contribution in [2.45, 2.75) is 39.2 Å². The zero-order valence-electron chi connectivity index (χ0n) is 7.43. The van der Waals surface area contributed by atoms with Crippen LogP contribution in [0.25, 0.3) is 0 Å². The van der Waals surface area contributed by atoms with Crippen molar-refractivity contribution in [1.29, 1.82) is 0 Å². The molecule has 1 saturated carbocycles. The van der Waals surface area contributed by atoms with Crippen molar-refractivity contribution in [2.24, 2.45) is 5.92 Å². The van der Waals surface area contributed by atoms with Crippen LogP contribution in [0.4, 0.5) is 0 Å². The Morgan fingerprint density at radius 3 is 2.50 bits per heavy atom. The van der Waals surface area contributed by atoms with Crippen LogP contribution in [-0.4, -0.2) is 24.5 Å². The van der Waals surface area contributed by atoms with Crippen LogP contribution in [0.2, 0.25) is 0 Å². The van der Waals surface area contributed by atoms with Crippen molar-refractivity contribution in [2.75, 3.05) is 13.6 Å². The van der Waals surface area contributed by atoms with Crippen LogP contribution in [0.3, 0.4) is 0 Å². The van der Waals surface area contributed by atoms with Gasteiger partial charge in [0.2, 0.25) is 0 Å². The molecule has 0 aromatic heterocycles. The van der Waals surface area contributed by atoms with E-state index in [1.807, 2.05) is 0 Å². The Bertz CT molecular complexity index is 96.9. The average Bonchev–Trinajstić information content (AvgIpc) is 2.68. The van der Waals surface area contributed by atoms with Crippen LogP contribution in [0.1, 0.15) is 33.1 Å². The molecular formula is C9H19N. The lowest BCUT2D eigenvalue weighted by Crippen LogP contribution is -2.26. The summed E-state index contributed by atoms with van der Waals surface area (Å²) in [6, 6.07) is 0.939. The molecule has 0 spiro atoms. The molecule has 1 rings (SSSR count). The van der Waals surface area contributed by atoms with Gasteiger partial charge in [-0.15, -0.1) is 0 Å². The molecular weight excluding hydrogens is 122 g/mol. The van der Waals surface area contributed by atoms with E-state index in [0.717, 1.165) is 12.0 Å². The average molecular weight is 141 g/mol. The first-order chi connectivity index (χ1) is 4.74. The topological polar surface area (TPSA) is 3.24 Å². The minimum absolute atomic E-state index is 0.880. The van der Waals surface area contributed by atoms with Crippen molar-refractivity contribution in [3.8, 4) is 0 Å². The number of hydrogen-bond donors (Lipinski definition) is 0. The molecule has 0 aromatic rings. The molecule has 1 aliphatic rings. The minimum Gasteiger partial charge on any atom is -0.303 e. The first kappa shape index (κ1) is 8.06. The summed E-state index contributed by atoms with van der Waals surface area (Å²) < 4.78 is 0. The van der Waals surface area contributed by atoms with E-state index in [1.54, 1.807) is 0 Å². The second kappa shape index (κ2) is 3.38. The first-order valence-corrected chi connectivity index (χ1v) is 4.44. The molecule has 1 nitrogen and oxygen atoms in total. The van der Waals surface area contributed by atoms with Gasteiger partial charge < -0.3 is 4.90 Å². The van der Waals surface area contributed by atoms with E-state index in [1.165, 1.54) is 25.8 Å². The lowest BCUT2D eigenvalue weighted by atomic mass is 10.1. The third kappa shape index (κ3) is 2.30. The largest absolute Gasteiger partial charge is 0.303 e. The van der Waals surface area contributed by atoms with E-state index in [0.29, 0.717) is 0 Å². The molecule has 0 N–H and O–H groups in total. The highest BCUT2D eigenvalue weighted by Gasteiger charge is 2.26. The van der Waals surface area contributed by atoms with Crippen LogP contribution < -0.4 is 0 Å². The van der Waals surface area contributed by atoms with Gasteiger partial charge in [0.25, 0.3) is 0 Å². The van der Waals surface area contributed by atoms with E-state index < -0.39 is 0 Å². The fourth-order valence-electron chi connectivity index (χ4n) is 1.29. The smallest absolute Gasteiger partial charge is 0.00934 e. The summed E-state index contributed by atoms with van der Waals surface area (Å²) in [5.41, 5.74) is 0. The van der Waals surface area contributed by atoms with E-state index in [9.17, 15) is 0 Å². The van der Waals surface area contributed by atoms with Crippen molar-refractivity contribution in [3.63, 3.8) is 0 Å². The van der Waals surface area contributed by atoms with Crippen LogP contribution >= 0.6 is 0 Å². The molecule has 1 aliphatic carbocycles. The van der Waals surface area contributed by atoms with E-state index >= 15 is 0 Å². The Hall–Kier alpha value is -0.0400. The predicted octanol–water partition coefficient (Wildman–Crippen LogP) is 2.13. The highest BCUT2D eigenvalue weighted by atomic mass is 15.1. The Morgan fingerprint density at radius 1 is 1.50 bits per heavy atom. The van der Waals surface area contributed by atoms with E-state index in [-0.39, 0.29) is 0 Å². The maximum atomic E-state index is 2.51. The fourth-order valence-corrected chi connectivity index (χ4v) is 1.29. The predicted molar refractivity (Wildman–Crippen MR) is 45.1 cm³/mol. The molecule has 0 amide bonds. The van der Waals surface area contributed by atoms with Crippen LogP contribution in [0.5, 0.6) is 0 Å². The van der Waals surface area contributed by atoms with Gasteiger partial charge in [0.15, 0.2) is 0 Å². The van der Waals surface area contributed by atoms with Gasteiger partial charge in [0.05, 0.1) is 0 Å². The quantitative estimate of drug-likeness (QED) is 0.579. The maximum absolute atomic E-state index is 2.51. The molecule has 1 unspecified atom stereocenters. The lowest BCUT2D eigenvalue weighted by molar-refractivity contribution is 0.273. The summed E-state index contributed by atoms with van der Waals surface area (Å²) >= 11 is 0. The highest BCUT2D eigenvalue weighted by Crippen LogP contribution is 2.26. The van der Waals surface area contributed by atoms with Crippen molar-refractivity contribution in [3.05, 3.63) is 0 Å². The molecule has 0 saturated heterocycles. The van der Waals surface area contributed by atoms with Crippen molar-refractivity contribution >= 4 is 0 Å². The Balaban J connectivity index is 2.10. The highest BCUT2D eigenvalue weighted by molar-refractivity contribution is 4.82. The molecule has 10 heavy (non-hydrogen) atoms. The summed E-state index contributed by atoms with van der Waals surface area (Å²) in [4.78, 5) is 2.51. The van der Waals surface area contributed by atoms with E-state index in [4.69, 9.17) is 0 Å². The molecule has 0 aromatic carbocycles. The van der Waals surface area contributed by atoms with Gasteiger partial charge in [-0.1, -0.05) is 20.3 Å². The van der Waals surface area contributed by atoms with Gasteiger partial charge in [-0.2, -0.15) is 0 Å². The van der Waals surface area contributed by atoms with Gasteiger partial charge in [0.1, 0.15) is 0 Å². The molecule has 1 heteroatoms. The summed E-state index contributed by atoms with van der Waals surface area (Å²) in [6.45, 7) is 5.89. The Labute approximate surface area is 64.4 Å². The van der Waals surface area contributed by atoms with Gasteiger partial charge in [0, 0.05) is 12.6 Å². The SMILES string of the molecule is CCC(C)CN(C)C1CC1.